The normalized spacial score (nSPS) is 15.5. The Morgan fingerprint density at radius 2 is 1.82 bits per heavy atom. The predicted octanol–water partition coefficient (Wildman–Crippen LogP) is 4.91. The Balaban J connectivity index is 1.37. The third kappa shape index (κ3) is 5.17. The topological polar surface area (TPSA) is 97.8 Å². The van der Waals surface area contributed by atoms with Crippen LogP contribution in [-0.4, -0.2) is 54.0 Å². The number of rotatable bonds is 6. The first-order valence-electron chi connectivity index (χ1n) is 13.2. The van der Waals surface area contributed by atoms with Gasteiger partial charge in [0.25, 0.3) is 5.91 Å². The number of aryl methyl sites for hydroxylation is 1. The van der Waals surface area contributed by atoms with E-state index in [0.29, 0.717) is 28.7 Å². The molecule has 0 bridgehead atoms. The molecule has 0 unspecified atom stereocenters. The molecule has 1 aliphatic heterocycles. The Labute approximate surface area is 226 Å². The fraction of sp³-hybridized carbons (Fsp3) is 0.448. The number of esters is 2. The minimum absolute atomic E-state index is 0.328. The second-order valence-electron chi connectivity index (χ2n) is 10.1. The largest absolute Gasteiger partial charge is 0.465 e. The number of methoxy groups -OCH3 is 1. The summed E-state index contributed by atoms with van der Waals surface area (Å²) in [6.07, 6.45) is 5.58. The number of thiophene rings is 1. The van der Waals surface area contributed by atoms with Crippen molar-refractivity contribution in [2.45, 2.75) is 65.0 Å². The maximum absolute atomic E-state index is 13.5. The SMILES string of the molecule is COC(=O)c1c(NC(=O)COC(=O)c2c3c(nc4ccccc24)CCN(C(C)C)C3)sc2c1CCCCC2. The highest BCUT2D eigenvalue weighted by Gasteiger charge is 2.29. The van der Waals surface area contributed by atoms with Crippen LogP contribution in [0, 0.1) is 0 Å². The van der Waals surface area contributed by atoms with Gasteiger partial charge >= 0.3 is 11.9 Å². The zero-order chi connectivity index (χ0) is 26.8. The third-order valence-electron chi connectivity index (χ3n) is 7.41. The number of hydrogen-bond donors (Lipinski definition) is 1. The summed E-state index contributed by atoms with van der Waals surface area (Å²) < 4.78 is 10.6. The first kappa shape index (κ1) is 26.3. The van der Waals surface area contributed by atoms with E-state index in [-0.39, 0.29) is 0 Å². The van der Waals surface area contributed by atoms with E-state index < -0.39 is 24.5 Å². The summed E-state index contributed by atoms with van der Waals surface area (Å²) in [6, 6.07) is 7.86. The Morgan fingerprint density at radius 1 is 1.03 bits per heavy atom. The molecule has 38 heavy (non-hydrogen) atoms. The van der Waals surface area contributed by atoms with E-state index in [2.05, 4.69) is 24.1 Å². The van der Waals surface area contributed by atoms with Gasteiger partial charge in [-0.3, -0.25) is 14.7 Å². The standard InChI is InChI=1S/C29H33N3O5S/c1-17(2)32-14-13-22-20(15-32)25(18-9-7-8-11-21(18)30-22)29(35)37-16-24(33)31-27-26(28(34)36-3)19-10-5-4-6-12-23(19)38-27/h7-9,11,17H,4-6,10,12-16H2,1-3H3,(H,31,33). The number of pyridine rings is 1. The van der Waals surface area contributed by atoms with E-state index in [9.17, 15) is 14.4 Å². The summed E-state index contributed by atoms with van der Waals surface area (Å²) >= 11 is 1.41. The fourth-order valence-electron chi connectivity index (χ4n) is 5.40. The molecule has 0 spiro atoms. The number of benzene rings is 1. The van der Waals surface area contributed by atoms with Gasteiger partial charge in [-0.2, -0.15) is 0 Å². The molecule has 1 amide bonds. The number of nitrogens with zero attached hydrogens (tertiary/aromatic N) is 2. The molecule has 8 nitrogen and oxygen atoms in total. The quantitative estimate of drug-likeness (QED) is 0.354. The molecule has 0 atom stereocenters. The summed E-state index contributed by atoms with van der Waals surface area (Å²) in [5.41, 5.74) is 4.38. The predicted molar refractivity (Wildman–Crippen MR) is 147 cm³/mol. The van der Waals surface area contributed by atoms with Crippen LogP contribution in [0.4, 0.5) is 5.00 Å². The van der Waals surface area contributed by atoms with Crippen LogP contribution in [0.3, 0.4) is 0 Å². The number of carbonyl (C=O) groups is 3. The average Bonchev–Trinajstić information content (AvgIpc) is 3.08. The van der Waals surface area contributed by atoms with Crippen molar-refractivity contribution < 1.29 is 23.9 Å². The molecule has 0 saturated heterocycles. The van der Waals surface area contributed by atoms with Crippen molar-refractivity contribution in [2.75, 3.05) is 25.6 Å². The van der Waals surface area contributed by atoms with Gasteiger partial charge in [0.15, 0.2) is 6.61 Å². The van der Waals surface area contributed by atoms with Crippen molar-refractivity contribution >= 4 is 45.1 Å². The van der Waals surface area contributed by atoms with Crippen LogP contribution in [-0.2, 0) is 40.1 Å². The van der Waals surface area contributed by atoms with Gasteiger partial charge in [-0.05, 0) is 51.2 Å². The monoisotopic (exact) mass is 535 g/mol. The summed E-state index contributed by atoms with van der Waals surface area (Å²) in [5, 5.41) is 3.99. The van der Waals surface area contributed by atoms with E-state index in [0.717, 1.165) is 77.7 Å². The van der Waals surface area contributed by atoms with Crippen LogP contribution in [0.15, 0.2) is 24.3 Å². The maximum Gasteiger partial charge on any atom is 0.341 e. The number of fused-ring (bicyclic) bond motifs is 3. The number of para-hydroxylation sites is 1. The molecule has 0 radical (unpaired) electrons. The molecule has 1 N–H and O–H groups in total. The lowest BCUT2D eigenvalue weighted by molar-refractivity contribution is -0.119. The Hall–Kier alpha value is -3.30. The molecule has 0 saturated carbocycles. The van der Waals surface area contributed by atoms with Crippen molar-refractivity contribution in [2.24, 2.45) is 0 Å². The molecule has 3 aromatic rings. The second kappa shape index (κ2) is 11.2. The van der Waals surface area contributed by atoms with Gasteiger partial charge in [-0.15, -0.1) is 11.3 Å². The van der Waals surface area contributed by atoms with Gasteiger partial charge in [0.05, 0.1) is 23.8 Å². The first-order valence-corrected chi connectivity index (χ1v) is 14.0. The summed E-state index contributed by atoms with van der Waals surface area (Å²) in [6.45, 7) is 5.29. The number of hydrogen-bond acceptors (Lipinski definition) is 8. The third-order valence-corrected chi connectivity index (χ3v) is 8.62. The van der Waals surface area contributed by atoms with Gasteiger partial charge in [0.2, 0.25) is 0 Å². The van der Waals surface area contributed by atoms with Crippen LogP contribution in [0.25, 0.3) is 10.9 Å². The van der Waals surface area contributed by atoms with Gasteiger partial charge in [0.1, 0.15) is 5.00 Å². The van der Waals surface area contributed by atoms with Gasteiger partial charge in [0, 0.05) is 47.1 Å². The van der Waals surface area contributed by atoms with Gasteiger partial charge in [-0.1, -0.05) is 24.6 Å². The lowest BCUT2D eigenvalue weighted by atomic mass is 9.95. The number of amides is 1. The molecule has 200 valence electrons. The summed E-state index contributed by atoms with van der Waals surface area (Å²) in [7, 11) is 1.34. The summed E-state index contributed by atoms with van der Waals surface area (Å²) in [5.74, 6) is -1.49. The van der Waals surface area contributed by atoms with Crippen LogP contribution >= 0.6 is 11.3 Å². The van der Waals surface area contributed by atoms with Gasteiger partial charge < -0.3 is 14.8 Å². The lowest BCUT2D eigenvalue weighted by Gasteiger charge is -2.32. The fourth-order valence-corrected chi connectivity index (χ4v) is 6.69. The van der Waals surface area contributed by atoms with E-state index in [1.54, 1.807) is 0 Å². The van der Waals surface area contributed by atoms with E-state index >= 15 is 0 Å². The highest BCUT2D eigenvalue weighted by Crippen LogP contribution is 2.38. The summed E-state index contributed by atoms with van der Waals surface area (Å²) in [4.78, 5) is 47.2. The number of anilines is 1. The number of carbonyl (C=O) groups excluding carboxylic acids is 3. The minimum atomic E-state index is -0.546. The highest BCUT2D eigenvalue weighted by molar-refractivity contribution is 7.17. The van der Waals surface area contributed by atoms with Crippen molar-refractivity contribution in [3.05, 3.63) is 57.1 Å². The molecule has 2 aliphatic rings. The van der Waals surface area contributed by atoms with Crippen LogP contribution in [0.1, 0.15) is 75.5 Å². The van der Waals surface area contributed by atoms with E-state index in [1.165, 1.54) is 18.4 Å². The van der Waals surface area contributed by atoms with Crippen LogP contribution in [0.5, 0.6) is 0 Å². The van der Waals surface area contributed by atoms with E-state index in [4.69, 9.17) is 14.5 Å². The Kier molecular flexibility index (Phi) is 7.76. The molecular formula is C29H33N3O5S. The number of aromatic nitrogens is 1. The number of nitrogens with one attached hydrogen (secondary N) is 1. The first-order chi connectivity index (χ1) is 18.4. The zero-order valence-corrected chi connectivity index (χ0v) is 22.9. The van der Waals surface area contributed by atoms with E-state index in [1.807, 2.05) is 24.3 Å². The molecule has 9 heteroatoms. The van der Waals surface area contributed by atoms with Crippen LogP contribution in [0.2, 0.25) is 0 Å². The van der Waals surface area contributed by atoms with Crippen LogP contribution < -0.4 is 5.32 Å². The Morgan fingerprint density at radius 3 is 2.61 bits per heavy atom. The zero-order valence-electron chi connectivity index (χ0n) is 22.1. The maximum atomic E-state index is 13.5. The lowest BCUT2D eigenvalue weighted by Crippen LogP contribution is -2.37. The molecule has 1 aliphatic carbocycles. The number of ether oxygens (including phenoxy) is 2. The molecule has 3 heterocycles. The molecule has 2 aromatic heterocycles. The Bertz CT molecular complexity index is 1400. The van der Waals surface area contributed by atoms with Crippen molar-refractivity contribution in [1.82, 2.24) is 9.88 Å². The average molecular weight is 536 g/mol. The van der Waals surface area contributed by atoms with Crippen molar-refractivity contribution in [1.29, 1.82) is 0 Å². The second-order valence-corrected chi connectivity index (χ2v) is 11.2. The highest BCUT2D eigenvalue weighted by atomic mass is 32.1. The molecule has 5 rings (SSSR count). The van der Waals surface area contributed by atoms with Gasteiger partial charge in [-0.25, -0.2) is 9.59 Å². The smallest absolute Gasteiger partial charge is 0.341 e. The molecule has 1 aromatic carbocycles. The van der Waals surface area contributed by atoms with Crippen molar-refractivity contribution in [3.8, 4) is 0 Å². The minimum Gasteiger partial charge on any atom is -0.465 e. The van der Waals surface area contributed by atoms with Crippen molar-refractivity contribution in [3.63, 3.8) is 0 Å². The molecular weight excluding hydrogens is 502 g/mol. The molecule has 0 fully saturated rings.